The lowest BCUT2D eigenvalue weighted by molar-refractivity contribution is -0.127. The van der Waals surface area contributed by atoms with E-state index in [0.717, 1.165) is 10.2 Å². The maximum Gasteiger partial charge on any atom is 0.261 e. The van der Waals surface area contributed by atoms with Crippen LogP contribution in [-0.4, -0.2) is 26.8 Å². The zero-order valence-corrected chi connectivity index (χ0v) is 15.2. The van der Waals surface area contributed by atoms with Crippen LogP contribution in [-0.2, 0) is 11.3 Å². The third-order valence-corrected chi connectivity index (χ3v) is 4.10. The molecule has 0 saturated heterocycles. The highest BCUT2D eigenvalue weighted by molar-refractivity contribution is 9.10. The lowest BCUT2D eigenvalue weighted by atomic mass is 10.3. The number of halogens is 1. The molecule has 0 fully saturated rings. The summed E-state index contributed by atoms with van der Waals surface area (Å²) in [6, 6.07) is 17.1. The molecule has 0 spiro atoms. The standard InChI is InChI=1S/C18H17BrN4O2/c1-13(25-16-9-7-14(19)8-10-16)18(24)20-11-17-22-21-12-23(17)15-5-3-2-4-6-15/h2-10,12-13H,11H2,1H3,(H,20,24). The quantitative estimate of drug-likeness (QED) is 0.689. The Morgan fingerprint density at radius 2 is 1.92 bits per heavy atom. The largest absolute Gasteiger partial charge is 0.481 e. The Morgan fingerprint density at radius 1 is 1.20 bits per heavy atom. The summed E-state index contributed by atoms with van der Waals surface area (Å²) in [5.41, 5.74) is 0.941. The van der Waals surface area contributed by atoms with E-state index in [0.29, 0.717) is 11.6 Å². The van der Waals surface area contributed by atoms with Gasteiger partial charge in [-0.25, -0.2) is 0 Å². The van der Waals surface area contributed by atoms with E-state index < -0.39 is 6.10 Å². The molecule has 128 valence electrons. The molecular formula is C18H17BrN4O2. The van der Waals surface area contributed by atoms with Crippen molar-refractivity contribution in [2.75, 3.05) is 0 Å². The van der Waals surface area contributed by atoms with Crippen molar-refractivity contribution in [2.45, 2.75) is 19.6 Å². The number of nitrogens with zero attached hydrogens (tertiary/aromatic N) is 3. The van der Waals surface area contributed by atoms with Crippen LogP contribution in [0.15, 0.2) is 65.4 Å². The van der Waals surface area contributed by atoms with Gasteiger partial charge in [-0.2, -0.15) is 0 Å². The first kappa shape index (κ1) is 17.2. The fourth-order valence-corrected chi connectivity index (χ4v) is 2.53. The van der Waals surface area contributed by atoms with E-state index >= 15 is 0 Å². The number of ether oxygens (including phenoxy) is 1. The van der Waals surface area contributed by atoms with Gasteiger partial charge in [0.1, 0.15) is 12.1 Å². The van der Waals surface area contributed by atoms with E-state index in [2.05, 4.69) is 31.4 Å². The van der Waals surface area contributed by atoms with Crippen molar-refractivity contribution in [3.63, 3.8) is 0 Å². The summed E-state index contributed by atoms with van der Waals surface area (Å²) in [6.45, 7) is 1.97. The number of nitrogens with one attached hydrogen (secondary N) is 1. The number of hydrogen-bond acceptors (Lipinski definition) is 4. The first-order valence-electron chi connectivity index (χ1n) is 7.78. The summed E-state index contributed by atoms with van der Waals surface area (Å²) in [4.78, 5) is 12.3. The van der Waals surface area contributed by atoms with E-state index in [1.165, 1.54) is 0 Å². The highest BCUT2D eigenvalue weighted by Crippen LogP contribution is 2.17. The van der Waals surface area contributed by atoms with Crippen molar-refractivity contribution >= 4 is 21.8 Å². The van der Waals surface area contributed by atoms with Crippen molar-refractivity contribution in [2.24, 2.45) is 0 Å². The second-order valence-corrected chi connectivity index (χ2v) is 6.30. The van der Waals surface area contributed by atoms with Crippen molar-refractivity contribution in [1.29, 1.82) is 0 Å². The minimum absolute atomic E-state index is 0.217. The molecule has 0 saturated carbocycles. The fraction of sp³-hybridized carbons (Fsp3) is 0.167. The number of amides is 1. The average molecular weight is 401 g/mol. The molecule has 1 aromatic heterocycles. The molecule has 0 radical (unpaired) electrons. The molecule has 25 heavy (non-hydrogen) atoms. The minimum Gasteiger partial charge on any atom is -0.481 e. The van der Waals surface area contributed by atoms with E-state index in [1.54, 1.807) is 25.4 Å². The molecule has 1 atom stereocenters. The number of benzene rings is 2. The van der Waals surface area contributed by atoms with Crippen LogP contribution in [0, 0.1) is 0 Å². The summed E-state index contributed by atoms with van der Waals surface area (Å²) < 4.78 is 8.43. The molecule has 3 rings (SSSR count). The van der Waals surface area contributed by atoms with Gasteiger partial charge in [0.05, 0.1) is 6.54 Å². The highest BCUT2D eigenvalue weighted by Gasteiger charge is 2.16. The summed E-state index contributed by atoms with van der Waals surface area (Å²) in [6.07, 6.45) is 1.01. The summed E-state index contributed by atoms with van der Waals surface area (Å²) in [5.74, 6) is 1.07. The molecular weight excluding hydrogens is 384 g/mol. The number of para-hydroxylation sites is 1. The molecule has 0 aliphatic rings. The Balaban J connectivity index is 1.59. The van der Waals surface area contributed by atoms with Gasteiger partial charge >= 0.3 is 0 Å². The van der Waals surface area contributed by atoms with Crippen LogP contribution in [0.4, 0.5) is 0 Å². The Kier molecular flexibility index (Phi) is 5.45. The Labute approximate surface area is 154 Å². The smallest absolute Gasteiger partial charge is 0.261 e. The molecule has 0 bridgehead atoms. The maximum atomic E-state index is 12.3. The van der Waals surface area contributed by atoms with Crippen LogP contribution in [0.25, 0.3) is 5.69 Å². The van der Waals surface area contributed by atoms with Crippen LogP contribution in [0.2, 0.25) is 0 Å². The second-order valence-electron chi connectivity index (χ2n) is 5.38. The van der Waals surface area contributed by atoms with Crippen LogP contribution in [0.3, 0.4) is 0 Å². The fourth-order valence-electron chi connectivity index (χ4n) is 2.26. The van der Waals surface area contributed by atoms with Gasteiger partial charge in [0, 0.05) is 10.2 Å². The van der Waals surface area contributed by atoms with Crippen molar-refractivity contribution in [3.8, 4) is 11.4 Å². The van der Waals surface area contributed by atoms with E-state index in [4.69, 9.17) is 4.74 Å². The van der Waals surface area contributed by atoms with Crippen LogP contribution >= 0.6 is 15.9 Å². The van der Waals surface area contributed by atoms with Gasteiger partial charge in [0.25, 0.3) is 5.91 Å². The first-order chi connectivity index (χ1) is 12.1. The Hall–Kier alpha value is -2.67. The molecule has 1 heterocycles. The van der Waals surface area contributed by atoms with Crippen molar-refractivity contribution < 1.29 is 9.53 Å². The molecule has 3 aromatic rings. The number of hydrogen-bond donors (Lipinski definition) is 1. The molecule has 0 aliphatic heterocycles. The normalized spacial score (nSPS) is 11.8. The summed E-state index contributed by atoms with van der Waals surface area (Å²) in [5, 5.41) is 10.8. The first-order valence-corrected chi connectivity index (χ1v) is 8.57. The molecule has 1 unspecified atom stereocenters. The predicted molar refractivity (Wildman–Crippen MR) is 97.4 cm³/mol. The number of carbonyl (C=O) groups is 1. The van der Waals surface area contributed by atoms with Gasteiger partial charge < -0.3 is 10.1 Å². The molecule has 0 aliphatic carbocycles. The van der Waals surface area contributed by atoms with Gasteiger partial charge in [-0.3, -0.25) is 9.36 Å². The SMILES string of the molecule is CC(Oc1ccc(Br)cc1)C(=O)NCc1nncn1-c1ccccc1. The molecule has 2 aromatic carbocycles. The number of rotatable bonds is 6. The summed E-state index contributed by atoms with van der Waals surface area (Å²) >= 11 is 3.36. The molecule has 6 nitrogen and oxygen atoms in total. The van der Waals surface area contributed by atoms with Crippen LogP contribution < -0.4 is 10.1 Å². The predicted octanol–water partition coefficient (Wildman–Crippen LogP) is 3.11. The van der Waals surface area contributed by atoms with E-state index in [1.807, 2.05) is 47.0 Å². The number of carbonyl (C=O) groups excluding carboxylic acids is 1. The monoisotopic (exact) mass is 400 g/mol. The zero-order valence-electron chi connectivity index (χ0n) is 13.6. The van der Waals surface area contributed by atoms with Gasteiger partial charge in [0.15, 0.2) is 11.9 Å². The van der Waals surface area contributed by atoms with Crippen LogP contribution in [0.5, 0.6) is 5.75 Å². The van der Waals surface area contributed by atoms with Gasteiger partial charge in [-0.05, 0) is 43.3 Å². The van der Waals surface area contributed by atoms with Gasteiger partial charge in [0.2, 0.25) is 0 Å². The zero-order chi connectivity index (χ0) is 17.6. The maximum absolute atomic E-state index is 12.3. The highest BCUT2D eigenvalue weighted by atomic mass is 79.9. The Bertz CT molecular complexity index is 834. The third kappa shape index (κ3) is 4.45. The van der Waals surface area contributed by atoms with Gasteiger partial charge in [-0.1, -0.05) is 34.1 Å². The van der Waals surface area contributed by atoms with Gasteiger partial charge in [-0.15, -0.1) is 10.2 Å². The Morgan fingerprint density at radius 3 is 2.64 bits per heavy atom. The van der Waals surface area contributed by atoms with E-state index in [9.17, 15) is 4.79 Å². The topological polar surface area (TPSA) is 69.0 Å². The van der Waals surface area contributed by atoms with Crippen molar-refractivity contribution in [1.82, 2.24) is 20.1 Å². The second kappa shape index (κ2) is 7.94. The molecule has 1 N–H and O–H groups in total. The van der Waals surface area contributed by atoms with Crippen molar-refractivity contribution in [3.05, 3.63) is 71.2 Å². The minimum atomic E-state index is -0.616. The molecule has 7 heteroatoms. The number of aromatic nitrogens is 3. The molecule has 1 amide bonds. The van der Waals surface area contributed by atoms with E-state index in [-0.39, 0.29) is 12.5 Å². The van der Waals surface area contributed by atoms with Crippen LogP contribution in [0.1, 0.15) is 12.7 Å². The third-order valence-electron chi connectivity index (χ3n) is 3.57. The average Bonchev–Trinajstić information content (AvgIpc) is 3.11. The lowest BCUT2D eigenvalue weighted by Crippen LogP contribution is -2.36. The summed E-state index contributed by atoms with van der Waals surface area (Å²) in [7, 11) is 0. The lowest BCUT2D eigenvalue weighted by Gasteiger charge is -2.15.